The number of nitrogens with one attached hydrogen (secondary N) is 3. The van der Waals surface area contributed by atoms with Gasteiger partial charge in [0.25, 0.3) is 5.91 Å². The maximum absolute atomic E-state index is 12.0. The van der Waals surface area contributed by atoms with E-state index in [-0.39, 0.29) is 12.5 Å². The number of aliphatic hydroxyl groups is 1. The van der Waals surface area contributed by atoms with Crippen LogP contribution in [0.4, 0.5) is 18.9 Å². The highest BCUT2D eigenvalue weighted by molar-refractivity contribution is 5.97. The molecule has 0 aliphatic carbocycles. The fourth-order valence-electron chi connectivity index (χ4n) is 3.33. The zero-order valence-electron chi connectivity index (χ0n) is 17.5. The molecule has 3 heterocycles. The van der Waals surface area contributed by atoms with E-state index in [0.717, 1.165) is 45.9 Å². The summed E-state index contributed by atoms with van der Waals surface area (Å²) in [5.41, 5.74) is 7.04. The van der Waals surface area contributed by atoms with Crippen molar-refractivity contribution in [3.05, 3.63) is 59.4 Å². The molecule has 1 aromatic carbocycles. The van der Waals surface area contributed by atoms with E-state index in [0.29, 0.717) is 12.1 Å². The molecule has 1 amide bonds. The lowest BCUT2D eigenvalue weighted by molar-refractivity contribution is -0.192. The highest BCUT2D eigenvalue weighted by Crippen LogP contribution is 2.29. The number of aliphatic carboxylic acids is 1. The Labute approximate surface area is 186 Å². The number of carboxylic acid groups (broad SMARTS) is 1. The Morgan fingerprint density at radius 3 is 2.52 bits per heavy atom. The number of fused-ring (bicyclic) bond motifs is 1. The van der Waals surface area contributed by atoms with Crippen molar-refractivity contribution >= 4 is 17.6 Å². The molecule has 11 heteroatoms. The second-order valence-electron chi connectivity index (χ2n) is 7.09. The van der Waals surface area contributed by atoms with Gasteiger partial charge in [0.05, 0.1) is 17.9 Å². The minimum atomic E-state index is -5.08. The molecule has 0 radical (unpaired) electrons. The number of H-pyrrole nitrogens is 1. The zero-order valence-corrected chi connectivity index (χ0v) is 17.5. The number of carbonyl (C=O) groups is 2. The van der Waals surface area contributed by atoms with Crippen LogP contribution in [0, 0.1) is 0 Å². The maximum atomic E-state index is 12.0. The molecule has 8 nitrogen and oxygen atoms in total. The van der Waals surface area contributed by atoms with Crippen molar-refractivity contribution in [1.82, 2.24) is 15.3 Å². The third-order valence-electron chi connectivity index (χ3n) is 4.96. The number of carboxylic acids is 1. The molecule has 0 unspecified atom stereocenters. The number of anilines is 1. The average Bonchev–Trinajstić information content (AvgIpc) is 3.24. The van der Waals surface area contributed by atoms with E-state index >= 15 is 0 Å². The number of aromatic nitrogens is 2. The Bertz CT molecular complexity index is 1170. The summed E-state index contributed by atoms with van der Waals surface area (Å²) in [7, 11) is 1.83. The molecule has 3 aromatic rings. The Morgan fingerprint density at radius 2 is 1.91 bits per heavy atom. The van der Waals surface area contributed by atoms with Crippen LogP contribution in [0.1, 0.15) is 21.6 Å². The molecule has 174 valence electrons. The highest BCUT2D eigenvalue weighted by atomic mass is 19.4. The molecule has 1 aliphatic heterocycles. The first-order valence-corrected chi connectivity index (χ1v) is 9.82. The van der Waals surface area contributed by atoms with Crippen LogP contribution in [-0.2, 0) is 17.8 Å². The average molecular weight is 462 g/mol. The predicted octanol–water partition coefficient (Wildman–Crippen LogP) is 3.20. The van der Waals surface area contributed by atoms with Crippen LogP contribution in [0.3, 0.4) is 0 Å². The first-order valence-electron chi connectivity index (χ1n) is 9.82. The Hall–Kier alpha value is -3.86. The fourth-order valence-corrected chi connectivity index (χ4v) is 3.33. The van der Waals surface area contributed by atoms with Crippen molar-refractivity contribution in [2.45, 2.75) is 19.2 Å². The van der Waals surface area contributed by atoms with E-state index in [1.165, 1.54) is 0 Å². The highest BCUT2D eigenvalue weighted by Gasteiger charge is 2.38. The van der Waals surface area contributed by atoms with Crippen molar-refractivity contribution < 1.29 is 33.0 Å². The molecule has 0 atom stereocenters. The largest absolute Gasteiger partial charge is 0.490 e. The Balaban J connectivity index is 0.000000383. The first kappa shape index (κ1) is 23.8. The summed E-state index contributed by atoms with van der Waals surface area (Å²) >= 11 is 0. The summed E-state index contributed by atoms with van der Waals surface area (Å²) in [6.45, 7) is 0.622. The Kier molecular flexibility index (Phi) is 7.02. The van der Waals surface area contributed by atoms with Gasteiger partial charge in [-0.2, -0.15) is 13.2 Å². The molecule has 0 saturated carbocycles. The van der Waals surface area contributed by atoms with Crippen LogP contribution in [0.5, 0.6) is 0 Å². The smallest absolute Gasteiger partial charge is 0.475 e. The number of amides is 1. The van der Waals surface area contributed by atoms with Crippen molar-refractivity contribution in [2.24, 2.45) is 0 Å². The topological polar surface area (TPSA) is 127 Å². The zero-order chi connectivity index (χ0) is 24.2. The van der Waals surface area contributed by atoms with Crippen LogP contribution in [0.15, 0.2) is 42.6 Å². The lowest BCUT2D eigenvalue weighted by atomic mass is 10.0. The van der Waals surface area contributed by atoms with Crippen LogP contribution < -0.4 is 10.6 Å². The number of nitrogens with zero attached hydrogens (tertiary/aromatic N) is 1. The molecular weight excluding hydrogens is 441 g/mol. The van der Waals surface area contributed by atoms with Gasteiger partial charge in [0.1, 0.15) is 0 Å². The maximum Gasteiger partial charge on any atom is 0.490 e. The van der Waals surface area contributed by atoms with Gasteiger partial charge in [-0.25, -0.2) is 4.79 Å². The predicted molar refractivity (Wildman–Crippen MR) is 115 cm³/mol. The van der Waals surface area contributed by atoms with Crippen molar-refractivity contribution in [2.75, 3.05) is 18.9 Å². The number of aliphatic hydroxyl groups excluding tert-OH is 1. The van der Waals surface area contributed by atoms with E-state index in [4.69, 9.17) is 9.90 Å². The number of hydrogen-bond acceptors (Lipinski definition) is 5. The number of carbonyl (C=O) groups excluding carboxylic acids is 1. The molecule has 0 spiro atoms. The molecule has 2 aromatic heterocycles. The number of aromatic amines is 1. The Morgan fingerprint density at radius 1 is 1.18 bits per heavy atom. The molecule has 0 saturated heterocycles. The van der Waals surface area contributed by atoms with Gasteiger partial charge in [0.15, 0.2) is 0 Å². The van der Waals surface area contributed by atoms with Crippen molar-refractivity contribution in [1.29, 1.82) is 0 Å². The van der Waals surface area contributed by atoms with Crippen LogP contribution in [0.2, 0.25) is 0 Å². The summed E-state index contributed by atoms with van der Waals surface area (Å²) in [5.74, 6) is -2.79. The molecule has 0 fully saturated rings. The number of rotatable bonds is 4. The number of halogens is 3. The van der Waals surface area contributed by atoms with Gasteiger partial charge in [0, 0.05) is 60.0 Å². The standard InChI is InChI=1S/C20H20N4O2.C2HF3O2/c1-21-16-3-2-12(8-14(16)11-25)18-9-13(4-6-22-18)19-10-15-17(24-19)5-7-23-20(15)26;3-2(4,5)1(6)7/h2-4,6,8-10,21,24-25H,5,7,11H2,1H3,(H,23,26);(H,6,7). The van der Waals surface area contributed by atoms with Gasteiger partial charge in [-0.15, -0.1) is 0 Å². The summed E-state index contributed by atoms with van der Waals surface area (Å²) in [6.07, 6.45) is -2.51. The number of benzene rings is 1. The van der Waals surface area contributed by atoms with Crippen LogP contribution in [0.25, 0.3) is 22.5 Å². The monoisotopic (exact) mass is 462 g/mol. The van der Waals surface area contributed by atoms with Gasteiger partial charge in [0.2, 0.25) is 0 Å². The first-order chi connectivity index (χ1) is 15.6. The number of pyridine rings is 1. The molecule has 0 bridgehead atoms. The van der Waals surface area contributed by atoms with E-state index in [2.05, 4.69) is 20.6 Å². The summed E-state index contributed by atoms with van der Waals surface area (Å²) < 4.78 is 31.7. The minimum absolute atomic E-state index is 0.0294. The molecular formula is C22H21F3N4O4. The van der Waals surface area contributed by atoms with E-state index < -0.39 is 12.1 Å². The number of hydrogen-bond donors (Lipinski definition) is 5. The third kappa shape index (κ3) is 5.50. The van der Waals surface area contributed by atoms with E-state index in [1.807, 2.05) is 43.4 Å². The van der Waals surface area contributed by atoms with Crippen molar-refractivity contribution in [3.63, 3.8) is 0 Å². The van der Waals surface area contributed by atoms with Gasteiger partial charge in [-0.3, -0.25) is 9.78 Å². The molecule has 5 N–H and O–H groups in total. The second kappa shape index (κ2) is 9.74. The number of alkyl halides is 3. The van der Waals surface area contributed by atoms with Gasteiger partial charge in [-0.05, 0) is 30.3 Å². The summed E-state index contributed by atoms with van der Waals surface area (Å²) in [4.78, 5) is 28.7. The van der Waals surface area contributed by atoms with E-state index in [1.54, 1.807) is 6.20 Å². The third-order valence-corrected chi connectivity index (χ3v) is 4.96. The normalized spacial score (nSPS) is 12.8. The second-order valence-corrected chi connectivity index (χ2v) is 7.09. The summed E-state index contributed by atoms with van der Waals surface area (Å²) in [5, 5.41) is 22.6. The SMILES string of the molecule is CNc1ccc(-c2cc(-c3cc4c([nH]3)CCNC4=O)ccn2)cc1CO.O=C(O)C(F)(F)F. The van der Waals surface area contributed by atoms with Crippen LogP contribution in [-0.4, -0.2) is 51.8 Å². The van der Waals surface area contributed by atoms with Gasteiger partial charge < -0.3 is 25.8 Å². The van der Waals surface area contributed by atoms with Crippen molar-refractivity contribution in [3.8, 4) is 22.5 Å². The van der Waals surface area contributed by atoms with Gasteiger partial charge >= 0.3 is 12.1 Å². The molecule has 4 rings (SSSR count). The minimum Gasteiger partial charge on any atom is -0.475 e. The lowest BCUT2D eigenvalue weighted by Crippen LogP contribution is -2.31. The summed E-state index contributed by atoms with van der Waals surface area (Å²) in [6, 6.07) is 11.7. The quantitative estimate of drug-likeness (QED) is 0.405. The van der Waals surface area contributed by atoms with E-state index in [9.17, 15) is 23.1 Å². The van der Waals surface area contributed by atoms with Gasteiger partial charge in [-0.1, -0.05) is 6.07 Å². The lowest BCUT2D eigenvalue weighted by Gasteiger charge is -2.11. The molecule has 33 heavy (non-hydrogen) atoms. The van der Waals surface area contributed by atoms with Crippen LogP contribution >= 0.6 is 0 Å². The molecule has 1 aliphatic rings. The fraction of sp³-hybridized carbons (Fsp3) is 0.227.